The number of rotatable bonds is 4. The molecule has 0 spiro atoms. The van der Waals surface area contributed by atoms with Crippen molar-refractivity contribution in [3.8, 4) is 11.4 Å². The highest BCUT2D eigenvalue weighted by Crippen LogP contribution is 2.38. The summed E-state index contributed by atoms with van der Waals surface area (Å²) in [6.45, 7) is 0. The Kier molecular flexibility index (Phi) is 5.02. The highest BCUT2D eigenvalue weighted by Gasteiger charge is 2.41. The van der Waals surface area contributed by atoms with E-state index in [-0.39, 0.29) is 27.8 Å². The van der Waals surface area contributed by atoms with Crippen LogP contribution in [-0.2, 0) is 6.18 Å². The van der Waals surface area contributed by atoms with Gasteiger partial charge in [0.05, 0.1) is 39.9 Å². The van der Waals surface area contributed by atoms with Crippen LogP contribution in [0, 0.1) is 0 Å². The molecule has 2 amide bonds. The van der Waals surface area contributed by atoms with E-state index >= 15 is 0 Å². The van der Waals surface area contributed by atoms with Gasteiger partial charge in [-0.1, -0.05) is 23.7 Å². The van der Waals surface area contributed by atoms with Gasteiger partial charge in [-0.15, -0.1) is 0 Å². The smallest absolute Gasteiger partial charge is 0.322 e. The van der Waals surface area contributed by atoms with E-state index < -0.39 is 29.2 Å². The Bertz CT molecular complexity index is 1730. The van der Waals surface area contributed by atoms with Crippen LogP contribution in [0.15, 0.2) is 67.3 Å². The third-order valence-corrected chi connectivity index (χ3v) is 6.14. The molecule has 0 saturated carbocycles. The molecule has 2 N–H and O–H groups in total. The van der Waals surface area contributed by atoms with Crippen LogP contribution >= 0.6 is 11.6 Å². The van der Waals surface area contributed by atoms with E-state index in [9.17, 15) is 22.8 Å². The standard InChI is InChI=1S/C24H13ClF3N7O2/c25-16-9-12(5-6-17(16)34-8-2-7-30-34)32-23(37)15-10-31-35(20(15)24(26,27)28)18-11-29-21-19-13(18)3-1-4-14(19)22(36)33-21/h1-11H,(H,32,37)(H,29,33,36). The second kappa shape index (κ2) is 8.17. The molecule has 0 radical (unpaired) electrons. The Labute approximate surface area is 210 Å². The molecular weight excluding hydrogens is 511 g/mol. The Morgan fingerprint density at radius 2 is 1.89 bits per heavy atom. The molecule has 0 bridgehead atoms. The molecule has 1 aliphatic heterocycles. The molecule has 37 heavy (non-hydrogen) atoms. The minimum absolute atomic E-state index is 0.0323. The SMILES string of the molecule is O=C(Nc1ccc(-n2cccn2)c(Cl)c1)c1cnn(-c2cnc3c4c(cccc24)C(=O)N3)c1C(F)(F)F. The van der Waals surface area contributed by atoms with Crippen molar-refractivity contribution >= 4 is 45.7 Å². The number of nitrogens with zero attached hydrogens (tertiary/aromatic N) is 5. The first-order chi connectivity index (χ1) is 17.7. The largest absolute Gasteiger partial charge is 0.434 e. The fourth-order valence-corrected chi connectivity index (χ4v) is 4.53. The minimum atomic E-state index is -4.94. The zero-order valence-corrected chi connectivity index (χ0v) is 19.2. The van der Waals surface area contributed by atoms with Crippen molar-refractivity contribution in [3.05, 3.63) is 89.1 Å². The molecule has 0 saturated heterocycles. The van der Waals surface area contributed by atoms with Crippen LogP contribution < -0.4 is 10.6 Å². The molecule has 0 unspecified atom stereocenters. The number of alkyl halides is 3. The van der Waals surface area contributed by atoms with E-state index in [1.54, 1.807) is 42.7 Å². The summed E-state index contributed by atoms with van der Waals surface area (Å²) in [7, 11) is 0. The molecule has 2 aromatic carbocycles. The number of carbonyl (C=O) groups is 2. The molecule has 5 aromatic rings. The second-order valence-corrected chi connectivity index (χ2v) is 8.47. The summed E-state index contributed by atoms with van der Waals surface area (Å²) >= 11 is 6.29. The van der Waals surface area contributed by atoms with Gasteiger partial charge >= 0.3 is 6.18 Å². The molecule has 184 valence electrons. The average molecular weight is 524 g/mol. The van der Waals surface area contributed by atoms with Gasteiger partial charge in [-0.05, 0) is 30.3 Å². The number of carbonyl (C=O) groups excluding carboxylic acids is 2. The molecule has 9 nitrogen and oxygen atoms in total. The fraction of sp³-hybridized carbons (Fsp3) is 0.0417. The quantitative estimate of drug-likeness (QED) is 0.341. The average Bonchev–Trinajstić information content (AvgIpc) is 3.60. The Balaban J connectivity index is 1.41. The Hall–Kier alpha value is -4.71. The summed E-state index contributed by atoms with van der Waals surface area (Å²) in [6.07, 6.45) is 0.301. The summed E-state index contributed by atoms with van der Waals surface area (Å²) < 4.78 is 44.9. The molecule has 1 aliphatic rings. The number of halogens is 4. The maximum atomic E-state index is 14.3. The molecule has 6 rings (SSSR count). The number of anilines is 2. The van der Waals surface area contributed by atoms with Gasteiger partial charge in [0.15, 0.2) is 5.69 Å². The van der Waals surface area contributed by atoms with Crippen molar-refractivity contribution in [1.82, 2.24) is 24.5 Å². The molecule has 4 heterocycles. The minimum Gasteiger partial charge on any atom is -0.322 e. The lowest BCUT2D eigenvalue weighted by atomic mass is 10.1. The topological polar surface area (TPSA) is 107 Å². The van der Waals surface area contributed by atoms with Gasteiger partial charge in [-0.3, -0.25) is 9.59 Å². The lowest BCUT2D eigenvalue weighted by Gasteiger charge is -2.14. The van der Waals surface area contributed by atoms with Crippen LogP contribution in [-0.4, -0.2) is 36.4 Å². The van der Waals surface area contributed by atoms with Crippen molar-refractivity contribution in [2.75, 3.05) is 10.6 Å². The zero-order chi connectivity index (χ0) is 25.9. The van der Waals surface area contributed by atoms with Gasteiger partial charge in [-0.25, -0.2) is 14.3 Å². The maximum Gasteiger partial charge on any atom is 0.434 e. The summed E-state index contributed by atoms with van der Waals surface area (Å²) in [5, 5.41) is 13.9. The fourth-order valence-electron chi connectivity index (χ4n) is 4.26. The van der Waals surface area contributed by atoms with Crippen LogP contribution in [0.25, 0.3) is 22.1 Å². The summed E-state index contributed by atoms with van der Waals surface area (Å²) in [6, 6.07) is 10.8. The van der Waals surface area contributed by atoms with Crippen molar-refractivity contribution < 1.29 is 22.8 Å². The van der Waals surface area contributed by atoms with E-state index in [0.717, 1.165) is 6.20 Å². The van der Waals surface area contributed by atoms with Gasteiger partial charge in [0.1, 0.15) is 5.82 Å². The van der Waals surface area contributed by atoms with Gasteiger partial charge in [-0.2, -0.15) is 23.4 Å². The number of amides is 2. The summed E-state index contributed by atoms with van der Waals surface area (Å²) in [5.41, 5.74) is -1.02. The van der Waals surface area contributed by atoms with Crippen LogP contribution in [0.3, 0.4) is 0 Å². The van der Waals surface area contributed by atoms with E-state index in [0.29, 0.717) is 21.1 Å². The molecule has 0 fully saturated rings. The normalized spacial score (nSPS) is 12.7. The number of nitrogens with one attached hydrogen (secondary N) is 2. The molecular formula is C24H13ClF3N7O2. The van der Waals surface area contributed by atoms with Crippen LogP contribution in [0.4, 0.5) is 24.7 Å². The zero-order valence-electron chi connectivity index (χ0n) is 18.4. The molecule has 3 aromatic heterocycles. The predicted molar refractivity (Wildman–Crippen MR) is 128 cm³/mol. The highest BCUT2D eigenvalue weighted by atomic mass is 35.5. The molecule has 13 heteroatoms. The molecule has 0 atom stereocenters. The van der Waals surface area contributed by atoms with Crippen molar-refractivity contribution in [2.45, 2.75) is 6.18 Å². The van der Waals surface area contributed by atoms with Crippen molar-refractivity contribution in [3.63, 3.8) is 0 Å². The van der Waals surface area contributed by atoms with Gasteiger partial charge in [0.25, 0.3) is 11.8 Å². The molecule has 0 aliphatic carbocycles. The van der Waals surface area contributed by atoms with Crippen molar-refractivity contribution in [2.24, 2.45) is 0 Å². The number of benzene rings is 2. The summed E-state index contributed by atoms with van der Waals surface area (Å²) in [4.78, 5) is 29.3. The van der Waals surface area contributed by atoms with E-state index in [1.807, 2.05) is 0 Å². The first-order valence-corrected chi connectivity index (χ1v) is 11.1. The lowest BCUT2D eigenvalue weighted by molar-refractivity contribution is -0.143. The van der Waals surface area contributed by atoms with Gasteiger partial charge in [0, 0.05) is 28.9 Å². The first-order valence-electron chi connectivity index (χ1n) is 10.7. The van der Waals surface area contributed by atoms with Gasteiger partial charge < -0.3 is 10.6 Å². The number of pyridine rings is 1. The predicted octanol–water partition coefficient (Wildman–Crippen LogP) is 5.10. The van der Waals surface area contributed by atoms with Crippen molar-refractivity contribution in [1.29, 1.82) is 0 Å². The van der Waals surface area contributed by atoms with E-state index in [1.165, 1.54) is 23.0 Å². The van der Waals surface area contributed by atoms with E-state index in [4.69, 9.17) is 11.6 Å². The third-order valence-electron chi connectivity index (χ3n) is 5.84. The number of hydrogen-bond donors (Lipinski definition) is 2. The van der Waals surface area contributed by atoms with Crippen LogP contribution in [0.2, 0.25) is 5.02 Å². The van der Waals surface area contributed by atoms with Crippen LogP contribution in [0.5, 0.6) is 0 Å². The third kappa shape index (κ3) is 3.69. The monoisotopic (exact) mass is 523 g/mol. The van der Waals surface area contributed by atoms with E-state index in [2.05, 4.69) is 25.8 Å². The van der Waals surface area contributed by atoms with Gasteiger partial charge in [0.2, 0.25) is 0 Å². The maximum absolute atomic E-state index is 14.3. The second-order valence-electron chi connectivity index (χ2n) is 8.06. The Morgan fingerprint density at radius 3 is 2.62 bits per heavy atom. The summed E-state index contributed by atoms with van der Waals surface area (Å²) in [5.74, 6) is -1.19. The lowest BCUT2D eigenvalue weighted by Crippen LogP contribution is -2.21. The first kappa shape index (κ1) is 22.7. The highest BCUT2D eigenvalue weighted by molar-refractivity contribution is 6.32. The number of aromatic nitrogens is 5. The Morgan fingerprint density at radius 1 is 1.05 bits per heavy atom. The van der Waals surface area contributed by atoms with Crippen LogP contribution in [0.1, 0.15) is 26.4 Å². The number of hydrogen-bond acceptors (Lipinski definition) is 5.